The molecular formula is C23H19NO3. The van der Waals surface area contributed by atoms with Gasteiger partial charge in [0.1, 0.15) is 5.75 Å². The number of ketones is 1. The highest BCUT2D eigenvalue weighted by atomic mass is 16.5. The first kappa shape index (κ1) is 17.0. The Hall–Kier alpha value is -3.40. The van der Waals surface area contributed by atoms with Crippen LogP contribution in [0.2, 0.25) is 0 Å². The highest BCUT2D eigenvalue weighted by Crippen LogP contribution is 2.40. The van der Waals surface area contributed by atoms with E-state index in [2.05, 4.69) is 0 Å². The Morgan fingerprint density at radius 3 is 2.30 bits per heavy atom. The van der Waals surface area contributed by atoms with Gasteiger partial charge in [-0.25, -0.2) is 0 Å². The Labute approximate surface area is 158 Å². The lowest BCUT2D eigenvalue weighted by Gasteiger charge is -2.25. The van der Waals surface area contributed by atoms with Crippen molar-refractivity contribution in [3.05, 3.63) is 95.6 Å². The maximum absolute atomic E-state index is 13.1. The highest BCUT2D eigenvalue weighted by molar-refractivity contribution is 6.12. The molecule has 0 radical (unpaired) electrons. The van der Waals surface area contributed by atoms with Crippen LogP contribution in [-0.4, -0.2) is 18.8 Å². The number of amides is 1. The van der Waals surface area contributed by atoms with Crippen LogP contribution < -0.4 is 9.64 Å². The average Bonchev–Trinajstić information content (AvgIpc) is 3.01. The Bertz CT molecular complexity index is 980. The molecule has 1 aliphatic rings. The molecule has 1 atom stereocenters. The Kier molecular flexibility index (Phi) is 4.47. The lowest BCUT2D eigenvalue weighted by molar-refractivity contribution is 0.0960. The fourth-order valence-electron chi connectivity index (χ4n) is 3.55. The SMILES string of the molecule is COc1ccc(N2C(=O)c3ccccc3C2CC(=O)c2ccccc2)cc1. The lowest BCUT2D eigenvalue weighted by Crippen LogP contribution is -2.29. The van der Waals surface area contributed by atoms with Crippen LogP contribution in [0.5, 0.6) is 5.75 Å². The summed E-state index contributed by atoms with van der Waals surface area (Å²) in [5.74, 6) is 0.657. The van der Waals surface area contributed by atoms with Gasteiger partial charge < -0.3 is 9.64 Å². The maximum Gasteiger partial charge on any atom is 0.259 e. The molecule has 0 spiro atoms. The number of hydrogen-bond acceptors (Lipinski definition) is 3. The standard InChI is InChI=1S/C23H19NO3/c1-27-18-13-11-17(12-14-18)24-21(15-22(25)16-7-3-2-4-8-16)19-9-5-6-10-20(19)23(24)26/h2-14,21H,15H2,1H3. The molecule has 27 heavy (non-hydrogen) atoms. The normalized spacial score (nSPS) is 15.5. The van der Waals surface area contributed by atoms with Crippen molar-refractivity contribution >= 4 is 17.4 Å². The number of Topliss-reactive ketones (excluding diaryl/α,β-unsaturated/α-hetero) is 1. The van der Waals surface area contributed by atoms with Crippen LogP contribution in [0.4, 0.5) is 5.69 Å². The van der Waals surface area contributed by atoms with Crippen molar-refractivity contribution in [3.63, 3.8) is 0 Å². The van der Waals surface area contributed by atoms with Crippen molar-refractivity contribution in [2.75, 3.05) is 12.0 Å². The van der Waals surface area contributed by atoms with Gasteiger partial charge in [-0.1, -0.05) is 48.5 Å². The fraction of sp³-hybridized carbons (Fsp3) is 0.130. The first-order valence-electron chi connectivity index (χ1n) is 8.84. The predicted molar refractivity (Wildman–Crippen MR) is 104 cm³/mol. The first-order valence-corrected chi connectivity index (χ1v) is 8.84. The third-order valence-corrected chi connectivity index (χ3v) is 4.91. The van der Waals surface area contributed by atoms with Crippen LogP contribution in [0, 0.1) is 0 Å². The van der Waals surface area contributed by atoms with Crippen molar-refractivity contribution < 1.29 is 14.3 Å². The summed E-state index contributed by atoms with van der Waals surface area (Å²) >= 11 is 0. The molecule has 3 aromatic carbocycles. The summed E-state index contributed by atoms with van der Waals surface area (Å²) in [5.41, 5.74) is 2.95. The van der Waals surface area contributed by atoms with E-state index in [9.17, 15) is 9.59 Å². The molecule has 4 rings (SSSR count). The van der Waals surface area contributed by atoms with Gasteiger partial charge in [-0.05, 0) is 35.9 Å². The second kappa shape index (κ2) is 7.08. The van der Waals surface area contributed by atoms with E-state index in [4.69, 9.17) is 4.74 Å². The van der Waals surface area contributed by atoms with E-state index in [0.29, 0.717) is 11.1 Å². The third kappa shape index (κ3) is 3.10. The smallest absolute Gasteiger partial charge is 0.259 e. The molecule has 0 saturated heterocycles. The predicted octanol–water partition coefficient (Wildman–Crippen LogP) is 4.67. The molecule has 1 amide bonds. The van der Waals surface area contributed by atoms with E-state index >= 15 is 0 Å². The van der Waals surface area contributed by atoms with Crippen molar-refractivity contribution in [2.45, 2.75) is 12.5 Å². The summed E-state index contributed by atoms with van der Waals surface area (Å²) in [7, 11) is 1.60. The van der Waals surface area contributed by atoms with Crippen LogP contribution in [0.3, 0.4) is 0 Å². The molecule has 0 aromatic heterocycles. The summed E-state index contributed by atoms with van der Waals surface area (Å²) in [6.07, 6.45) is 0.235. The van der Waals surface area contributed by atoms with Gasteiger partial charge in [0.2, 0.25) is 0 Å². The first-order chi connectivity index (χ1) is 13.2. The number of benzene rings is 3. The second-order valence-corrected chi connectivity index (χ2v) is 6.47. The van der Waals surface area contributed by atoms with E-state index in [1.54, 1.807) is 12.0 Å². The molecule has 0 bridgehead atoms. The van der Waals surface area contributed by atoms with E-state index in [1.165, 1.54) is 0 Å². The number of carbonyl (C=O) groups excluding carboxylic acids is 2. The number of carbonyl (C=O) groups is 2. The summed E-state index contributed by atoms with van der Waals surface area (Å²) in [6, 6.07) is 23.7. The maximum atomic E-state index is 13.1. The zero-order valence-electron chi connectivity index (χ0n) is 15.0. The van der Waals surface area contributed by atoms with E-state index in [0.717, 1.165) is 17.0 Å². The van der Waals surface area contributed by atoms with Gasteiger partial charge in [-0.15, -0.1) is 0 Å². The quantitative estimate of drug-likeness (QED) is 0.624. The van der Waals surface area contributed by atoms with Crippen LogP contribution in [0.15, 0.2) is 78.9 Å². The van der Waals surface area contributed by atoms with Gasteiger partial charge in [0, 0.05) is 23.2 Å². The van der Waals surface area contributed by atoms with Crippen LogP contribution in [0.1, 0.15) is 38.7 Å². The molecule has 1 aliphatic heterocycles. The zero-order valence-corrected chi connectivity index (χ0v) is 15.0. The lowest BCUT2D eigenvalue weighted by atomic mass is 9.97. The fourth-order valence-corrected chi connectivity index (χ4v) is 3.55. The summed E-state index contributed by atoms with van der Waals surface area (Å²) in [4.78, 5) is 27.6. The van der Waals surface area contributed by atoms with Crippen LogP contribution in [-0.2, 0) is 0 Å². The van der Waals surface area contributed by atoms with Crippen molar-refractivity contribution in [2.24, 2.45) is 0 Å². The molecule has 0 N–H and O–H groups in total. The monoisotopic (exact) mass is 357 g/mol. The molecule has 3 aromatic rings. The van der Waals surface area contributed by atoms with Crippen molar-refractivity contribution in [1.29, 1.82) is 0 Å². The highest BCUT2D eigenvalue weighted by Gasteiger charge is 2.38. The zero-order chi connectivity index (χ0) is 18.8. The van der Waals surface area contributed by atoms with Crippen LogP contribution in [0.25, 0.3) is 0 Å². The largest absolute Gasteiger partial charge is 0.497 e. The minimum Gasteiger partial charge on any atom is -0.497 e. The topological polar surface area (TPSA) is 46.6 Å². The minimum atomic E-state index is -0.324. The summed E-state index contributed by atoms with van der Waals surface area (Å²) < 4.78 is 5.21. The van der Waals surface area contributed by atoms with Crippen LogP contribution >= 0.6 is 0 Å². The van der Waals surface area contributed by atoms with Gasteiger partial charge in [0.25, 0.3) is 5.91 Å². The van der Waals surface area contributed by atoms with Crippen molar-refractivity contribution in [3.8, 4) is 5.75 Å². The molecule has 1 heterocycles. The van der Waals surface area contributed by atoms with Gasteiger partial charge in [-0.3, -0.25) is 9.59 Å². The Balaban J connectivity index is 1.72. The van der Waals surface area contributed by atoms with Gasteiger partial charge in [0.05, 0.1) is 13.2 Å². The number of hydrogen-bond donors (Lipinski definition) is 0. The van der Waals surface area contributed by atoms with Gasteiger partial charge in [0.15, 0.2) is 5.78 Å². The number of nitrogens with zero attached hydrogens (tertiary/aromatic N) is 1. The molecule has 0 saturated carbocycles. The number of anilines is 1. The average molecular weight is 357 g/mol. The number of rotatable bonds is 5. The molecule has 134 valence electrons. The minimum absolute atomic E-state index is 0.0172. The Morgan fingerprint density at radius 2 is 1.59 bits per heavy atom. The molecule has 0 aliphatic carbocycles. The number of ether oxygens (including phenoxy) is 1. The molecule has 4 nitrogen and oxygen atoms in total. The second-order valence-electron chi connectivity index (χ2n) is 6.47. The Morgan fingerprint density at radius 1 is 0.926 bits per heavy atom. The molecule has 1 unspecified atom stereocenters. The van der Waals surface area contributed by atoms with E-state index in [1.807, 2.05) is 78.9 Å². The van der Waals surface area contributed by atoms with Gasteiger partial charge in [-0.2, -0.15) is 0 Å². The molecule has 4 heteroatoms. The van der Waals surface area contributed by atoms with E-state index < -0.39 is 0 Å². The third-order valence-electron chi connectivity index (χ3n) is 4.91. The number of methoxy groups -OCH3 is 1. The summed E-state index contributed by atoms with van der Waals surface area (Å²) in [5, 5.41) is 0. The molecule has 0 fully saturated rings. The van der Waals surface area contributed by atoms with Crippen molar-refractivity contribution in [1.82, 2.24) is 0 Å². The van der Waals surface area contributed by atoms with Gasteiger partial charge >= 0.3 is 0 Å². The van der Waals surface area contributed by atoms with E-state index in [-0.39, 0.29) is 24.2 Å². The number of fused-ring (bicyclic) bond motifs is 1. The molecular weight excluding hydrogens is 338 g/mol. The summed E-state index contributed by atoms with van der Waals surface area (Å²) in [6.45, 7) is 0.